The van der Waals surface area contributed by atoms with Gasteiger partial charge in [-0.2, -0.15) is 0 Å². The van der Waals surface area contributed by atoms with Gasteiger partial charge in [0.05, 0.1) is 40.0 Å². The molecule has 0 saturated heterocycles. The summed E-state index contributed by atoms with van der Waals surface area (Å²) < 4.78 is 19.8. The van der Waals surface area contributed by atoms with Gasteiger partial charge in [-0.1, -0.05) is 71.5 Å². The maximum absolute atomic E-state index is 13.9. The van der Waals surface area contributed by atoms with Crippen molar-refractivity contribution in [3.8, 4) is 11.5 Å². The summed E-state index contributed by atoms with van der Waals surface area (Å²) in [5.74, 6) is 0.629. The monoisotopic (exact) mass is 632 g/mol. The number of ether oxygens (including phenoxy) is 3. The molecule has 5 rings (SSSR count). The van der Waals surface area contributed by atoms with E-state index in [1.807, 2.05) is 73.7 Å². The molecule has 0 N–H and O–H groups in total. The van der Waals surface area contributed by atoms with Crippen LogP contribution in [0.5, 0.6) is 11.5 Å². The fourth-order valence-electron chi connectivity index (χ4n) is 4.70. The Morgan fingerprint density at radius 3 is 2.51 bits per heavy atom. The number of hydrogen-bond acceptors (Lipinski definition) is 7. The van der Waals surface area contributed by atoms with Crippen LogP contribution in [0.3, 0.4) is 0 Å². The highest BCUT2D eigenvalue weighted by atomic mass is 79.9. The predicted molar refractivity (Wildman–Crippen MR) is 163 cm³/mol. The van der Waals surface area contributed by atoms with Crippen LogP contribution in [-0.4, -0.2) is 24.3 Å². The Labute approximate surface area is 250 Å². The molecule has 1 aliphatic heterocycles. The number of rotatable bonds is 8. The van der Waals surface area contributed by atoms with Crippen LogP contribution in [0.25, 0.3) is 6.08 Å². The molecule has 9 heteroatoms. The zero-order chi connectivity index (χ0) is 29.1. The van der Waals surface area contributed by atoms with Gasteiger partial charge in [0.15, 0.2) is 16.3 Å². The molecule has 0 aliphatic carbocycles. The zero-order valence-corrected chi connectivity index (χ0v) is 25.5. The van der Waals surface area contributed by atoms with Crippen LogP contribution in [0.2, 0.25) is 0 Å². The molecule has 0 amide bonds. The Balaban J connectivity index is 1.58. The van der Waals surface area contributed by atoms with Crippen molar-refractivity contribution >= 4 is 39.3 Å². The summed E-state index contributed by atoms with van der Waals surface area (Å²) in [6.07, 6.45) is 1.80. The molecule has 0 radical (unpaired) electrons. The summed E-state index contributed by atoms with van der Waals surface area (Å²) in [5.41, 5.74) is 4.32. The lowest BCUT2D eigenvalue weighted by atomic mass is 9.95. The number of carbonyl (C=O) groups excluding carboxylic acids is 1. The lowest BCUT2D eigenvalue weighted by molar-refractivity contribution is -0.139. The largest absolute Gasteiger partial charge is 0.493 e. The molecular weight excluding hydrogens is 604 g/mol. The third-order valence-corrected chi connectivity index (χ3v) is 8.26. The van der Waals surface area contributed by atoms with E-state index in [1.165, 1.54) is 11.3 Å². The number of esters is 1. The van der Waals surface area contributed by atoms with Gasteiger partial charge in [0.25, 0.3) is 5.56 Å². The molecule has 2 heterocycles. The Morgan fingerprint density at radius 2 is 1.83 bits per heavy atom. The lowest BCUT2D eigenvalue weighted by Crippen LogP contribution is -2.39. The first kappa shape index (κ1) is 28.6. The third-order valence-electron chi connectivity index (χ3n) is 6.69. The zero-order valence-electron chi connectivity index (χ0n) is 23.1. The van der Waals surface area contributed by atoms with Crippen molar-refractivity contribution in [1.82, 2.24) is 4.57 Å². The smallest absolute Gasteiger partial charge is 0.338 e. The molecule has 210 valence electrons. The molecule has 4 aromatic rings. The summed E-state index contributed by atoms with van der Waals surface area (Å²) in [4.78, 5) is 32.1. The van der Waals surface area contributed by atoms with Gasteiger partial charge in [-0.05, 0) is 71.6 Å². The number of allylic oxidation sites excluding steroid dienone is 1. The highest BCUT2D eigenvalue weighted by Crippen LogP contribution is 2.37. The van der Waals surface area contributed by atoms with Crippen molar-refractivity contribution in [3.63, 3.8) is 0 Å². The number of benzene rings is 3. The van der Waals surface area contributed by atoms with Crippen molar-refractivity contribution in [3.05, 3.63) is 124 Å². The number of hydrogen-bond donors (Lipinski definition) is 0. The van der Waals surface area contributed by atoms with Gasteiger partial charge >= 0.3 is 5.97 Å². The maximum atomic E-state index is 13.9. The summed E-state index contributed by atoms with van der Waals surface area (Å²) in [5, 5.41) is 0. The van der Waals surface area contributed by atoms with Gasteiger partial charge in [-0.25, -0.2) is 9.79 Å². The van der Waals surface area contributed by atoms with E-state index in [0.29, 0.717) is 43.2 Å². The highest BCUT2D eigenvalue weighted by molar-refractivity contribution is 9.10. The molecule has 1 aliphatic rings. The van der Waals surface area contributed by atoms with Crippen molar-refractivity contribution in [2.75, 3.05) is 13.7 Å². The number of fused-ring (bicyclic) bond motifs is 1. The minimum absolute atomic E-state index is 0.225. The summed E-state index contributed by atoms with van der Waals surface area (Å²) >= 11 is 4.89. The van der Waals surface area contributed by atoms with Crippen molar-refractivity contribution in [1.29, 1.82) is 0 Å². The van der Waals surface area contributed by atoms with E-state index in [1.54, 1.807) is 31.6 Å². The van der Waals surface area contributed by atoms with Crippen LogP contribution in [0.1, 0.15) is 42.1 Å². The van der Waals surface area contributed by atoms with Crippen LogP contribution in [0.4, 0.5) is 0 Å². The SMILES string of the molecule is CCOC(=O)C1=C(C)N=c2s/c(=C\c3cc(Br)c(OCc4ccccc4)c(OC)c3)c(=O)n2[C@@H]1c1ccc(C)cc1. The molecule has 7 nitrogen and oxygen atoms in total. The van der Waals surface area contributed by atoms with Gasteiger partial charge in [-0.3, -0.25) is 9.36 Å². The van der Waals surface area contributed by atoms with Gasteiger partial charge in [0.1, 0.15) is 6.61 Å². The topological polar surface area (TPSA) is 79.1 Å². The quantitative estimate of drug-likeness (QED) is 0.241. The molecular formula is C32H29BrN2O5S. The second-order valence-electron chi connectivity index (χ2n) is 9.52. The first-order valence-electron chi connectivity index (χ1n) is 13.1. The van der Waals surface area contributed by atoms with E-state index in [0.717, 1.165) is 22.3 Å². The molecule has 1 atom stereocenters. The highest BCUT2D eigenvalue weighted by Gasteiger charge is 2.33. The number of nitrogens with zero attached hydrogens (tertiary/aromatic N) is 2. The standard InChI is InChI=1S/C32H29BrN2O5S/c1-5-39-31(37)27-20(3)34-32-35(28(27)23-13-11-19(2)12-14-23)30(36)26(41-32)17-22-15-24(33)29(25(16-22)38-4)40-18-21-9-7-6-8-10-21/h6-17,28H,5,18H2,1-4H3/b26-17-/t28-/m1/s1. The molecule has 1 aromatic heterocycles. The lowest BCUT2D eigenvalue weighted by Gasteiger charge is -2.24. The molecule has 3 aromatic carbocycles. The van der Waals surface area contributed by atoms with Crippen LogP contribution in [0, 0.1) is 6.92 Å². The molecule has 0 fully saturated rings. The average molecular weight is 634 g/mol. The van der Waals surface area contributed by atoms with Crippen molar-refractivity contribution < 1.29 is 19.0 Å². The summed E-state index contributed by atoms with van der Waals surface area (Å²) in [7, 11) is 1.58. The summed E-state index contributed by atoms with van der Waals surface area (Å²) in [6.45, 7) is 6.14. The fraction of sp³-hybridized carbons (Fsp3) is 0.219. The van der Waals surface area contributed by atoms with Crippen molar-refractivity contribution in [2.24, 2.45) is 4.99 Å². The number of methoxy groups -OCH3 is 1. The first-order valence-corrected chi connectivity index (χ1v) is 14.7. The second-order valence-corrected chi connectivity index (χ2v) is 11.4. The van der Waals surface area contributed by atoms with Crippen LogP contribution in [0.15, 0.2) is 92.3 Å². The predicted octanol–water partition coefficient (Wildman–Crippen LogP) is 5.46. The number of carbonyl (C=O) groups is 1. The van der Waals surface area contributed by atoms with E-state index in [-0.39, 0.29) is 12.2 Å². The second kappa shape index (κ2) is 12.3. The van der Waals surface area contributed by atoms with Gasteiger partial charge in [0.2, 0.25) is 0 Å². The van der Waals surface area contributed by atoms with Gasteiger partial charge < -0.3 is 14.2 Å². The first-order chi connectivity index (χ1) is 19.8. The van der Waals surface area contributed by atoms with Crippen LogP contribution >= 0.6 is 27.3 Å². The number of aromatic nitrogens is 1. The third kappa shape index (κ3) is 5.92. The van der Waals surface area contributed by atoms with Gasteiger partial charge in [-0.15, -0.1) is 0 Å². The Bertz CT molecular complexity index is 1810. The normalized spacial score (nSPS) is 14.9. The maximum Gasteiger partial charge on any atom is 0.338 e. The van der Waals surface area contributed by atoms with E-state index in [2.05, 4.69) is 20.9 Å². The number of halogens is 1. The Kier molecular flexibility index (Phi) is 8.56. The Morgan fingerprint density at radius 1 is 1.10 bits per heavy atom. The minimum atomic E-state index is -0.650. The van der Waals surface area contributed by atoms with E-state index >= 15 is 0 Å². The molecule has 0 saturated carbocycles. The molecule has 41 heavy (non-hydrogen) atoms. The minimum Gasteiger partial charge on any atom is -0.493 e. The number of aryl methyl sites for hydroxylation is 1. The average Bonchev–Trinajstić information content (AvgIpc) is 3.26. The Hall–Kier alpha value is -3.95. The summed E-state index contributed by atoms with van der Waals surface area (Å²) in [6, 6.07) is 20.7. The van der Waals surface area contributed by atoms with Crippen LogP contribution < -0.4 is 24.4 Å². The van der Waals surface area contributed by atoms with E-state index in [9.17, 15) is 9.59 Å². The molecule has 0 spiro atoms. The molecule has 0 unspecified atom stereocenters. The fourth-order valence-corrected chi connectivity index (χ4v) is 6.32. The van der Waals surface area contributed by atoms with Gasteiger partial charge in [0, 0.05) is 0 Å². The van der Waals surface area contributed by atoms with E-state index < -0.39 is 12.0 Å². The van der Waals surface area contributed by atoms with E-state index in [4.69, 9.17) is 14.2 Å². The van der Waals surface area contributed by atoms with Crippen LogP contribution in [-0.2, 0) is 16.1 Å². The van der Waals surface area contributed by atoms with Crippen molar-refractivity contribution in [2.45, 2.75) is 33.4 Å². The number of thiazole rings is 1. The molecule has 0 bridgehead atoms.